The molecule has 0 fully saturated rings. The van der Waals surface area contributed by atoms with E-state index >= 15 is 0 Å². The van der Waals surface area contributed by atoms with Gasteiger partial charge in [0.2, 0.25) is 11.8 Å². The topological polar surface area (TPSA) is 134 Å². The molecule has 3 N–H and O–H groups in total. The summed E-state index contributed by atoms with van der Waals surface area (Å²) in [6, 6.07) is 12.3. The van der Waals surface area contributed by atoms with Crippen LogP contribution in [0.15, 0.2) is 54.6 Å². The molecule has 0 saturated heterocycles. The fourth-order valence-corrected chi connectivity index (χ4v) is 4.46. The number of alkyl carbamates (subject to hydrolysis) is 1. The first-order valence-electron chi connectivity index (χ1n) is 15.0. The maximum Gasteiger partial charge on any atom is 0.408 e. The van der Waals surface area contributed by atoms with Crippen molar-refractivity contribution in [3.8, 4) is 0 Å². The number of rotatable bonds is 12. The average Bonchev–Trinajstić information content (AvgIpc) is 2.92. The lowest BCUT2D eigenvalue weighted by atomic mass is 9.98. The molecule has 10 nitrogen and oxygen atoms in total. The predicted molar refractivity (Wildman–Crippen MR) is 169 cm³/mol. The van der Waals surface area contributed by atoms with E-state index in [0.717, 1.165) is 11.1 Å². The van der Waals surface area contributed by atoms with Crippen LogP contribution < -0.4 is 10.6 Å². The van der Waals surface area contributed by atoms with Crippen LogP contribution in [0.5, 0.6) is 0 Å². The van der Waals surface area contributed by atoms with E-state index in [-0.39, 0.29) is 6.42 Å². The Labute approximate surface area is 261 Å². The number of nitrogens with zero attached hydrogens (tertiary/aromatic N) is 1. The standard InChI is InChI=1S/C34H49N3O7/c1-10-23(3)37(30(40)27(21-38)36-32(42)44-34(7,8)9)28(25-18-16-22(2)17-19-25)29(39)35-26(31(41)43-33(4,5)6)20-24-14-12-11-13-15-24/h11-19,23,26-28,38H,10,20-21H2,1-9H3,(H,35,39)(H,36,42). The van der Waals surface area contributed by atoms with E-state index in [1.807, 2.05) is 56.3 Å². The van der Waals surface area contributed by atoms with Crippen LogP contribution in [-0.2, 0) is 30.3 Å². The van der Waals surface area contributed by atoms with Gasteiger partial charge in [-0.25, -0.2) is 9.59 Å². The minimum Gasteiger partial charge on any atom is -0.458 e. The Morgan fingerprint density at radius 2 is 1.41 bits per heavy atom. The number of benzene rings is 2. The second-order valence-electron chi connectivity index (χ2n) is 13.0. The van der Waals surface area contributed by atoms with E-state index in [1.165, 1.54) is 4.90 Å². The molecule has 2 aromatic carbocycles. The Hall–Kier alpha value is -3.92. The third-order valence-electron chi connectivity index (χ3n) is 6.70. The van der Waals surface area contributed by atoms with Crippen molar-refractivity contribution in [2.75, 3.05) is 6.61 Å². The lowest BCUT2D eigenvalue weighted by molar-refractivity contribution is -0.159. The molecule has 0 aliphatic carbocycles. The summed E-state index contributed by atoms with van der Waals surface area (Å²) in [6.45, 7) is 15.1. The molecule has 0 aliphatic heterocycles. The molecular weight excluding hydrogens is 562 g/mol. The molecule has 0 spiro atoms. The van der Waals surface area contributed by atoms with Crippen LogP contribution in [0.25, 0.3) is 0 Å². The summed E-state index contributed by atoms with van der Waals surface area (Å²) in [5.74, 6) is -1.90. The molecule has 44 heavy (non-hydrogen) atoms. The van der Waals surface area contributed by atoms with E-state index in [0.29, 0.717) is 12.0 Å². The lowest BCUT2D eigenvalue weighted by Gasteiger charge is -2.38. The van der Waals surface area contributed by atoms with Gasteiger partial charge in [0.1, 0.15) is 29.3 Å². The monoisotopic (exact) mass is 611 g/mol. The van der Waals surface area contributed by atoms with Crippen LogP contribution in [0.4, 0.5) is 4.79 Å². The molecule has 10 heteroatoms. The highest BCUT2D eigenvalue weighted by Crippen LogP contribution is 2.27. The largest absolute Gasteiger partial charge is 0.458 e. The first-order valence-corrected chi connectivity index (χ1v) is 15.0. The molecular formula is C34H49N3O7. The number of amides is 3. The minimum absolute atomic E-state index is 0.166. The molecule has 242 valence electrons. The summed E-state index contributed by atoms with van der Waals surface area (Å²) < 4.78 is 11.0. The fraction of sp³-hybridized carbons (Fsp3) is 0.529. The summed E-state index contributed by atoms with van der Waals surface area (Å²) in [7, 11) is 0. The third-order valence-corrected chi connectivity index (χ3v) is 6.70. The zero-order valence-electron chi connectivity index (χ0n) is 27.5. The first-order chi connectivity index (χ1) is 20.5. The van der Waals surface area contributed by atoms with Gasteiger partial charge in [-0.15, -0.1) is 0 Å². The SMILES string of the molecule is CCC(C)N(C(=O)C(CO)NC(=O)OC(C)(C)C)C(C(=O)NC(Cc1ccccc1)C(=O)OC(C)(C)C)c1ccc(C)cc1. The van der Waals surface area contributed by atoms with E-state index in [9.17, 15) is 24.3 Å². The lowest BCUT2D eigenvalue weighted by Crippen LogP contribution is -2.58. The third kappa shape index (κ3) is 11.3. The second kappa shape index (κ2) is 15.7. The Morgan fingerprint density at radius 3 is 1.91 bits per heavy atom. The molecule has 2 rings (SSSR count). The second-order valence-corrected chi connectivity index (χ2v) is 13.0. The summed E-state index contributed by atoms with van der Waals surface area (Å²) in [6.07, 6.45) is -0.247. The molecule has 0 saturated carbocycles. The van der Waals surface area contributed by atoms with Crippen molar-refractivity contribution in [2.45, 2.75) is 111 Å². The zero-order chi connectivity index (χ0) is 33.2. The number of aryl methyl sites for hydroxylation is 1. The van der Waals surface area contributed by atoms with Crippen molar-refractivity contribution in [1.82, 2.24) is 15.5 Å². The van der Waals surface area contributed by atoms with Crippen molar-refractivity contribution in [1.29, 1.82) is 0 Å². The highest BCUT2D eigenvalue weighted by atomic mass is 16.6. The molecule has 0 bridgehead atoms. The van der Waals surface area contributed by atoms with Crippen LogP contribution in [0.2, 0.25) is 0 Å². The number of carbonyl (C=O) groups excluding carboxylic acids is 4. The normalized spacial score (nSPS) is 14.4. The highest BCUT2D eigenvalue weighted by molar-refractivity contribution is 5.94. The Kier molecular flexibility index (Phi) is 12.9. The van der Waals surface area contributed by atoms with E-state index < -0.39 is 65.9 Å². The number of aliphatic hydroxyl groups excluding tert-OH is 1. The number of aliphatic hydroxyl groups is 1. The van der Waals surface area contributed by atoms with E-state index in [1.54, 1.807) is 60.6 Å². The zero-order valence-corrected chi connectivity index (χ0v) is 27.5. The number of carbonyl (C=O) groups is 4. The first kappa shape index (κ1) is 36.3. The predicted octanol–water partition coefficient (Wildman–Crippen LogP) is 4.62. The molecule has 2 aromatic rings. The van der Waals surface area contributed by atoms with E-state index in [2.05, 4.69) is 10.6 Å². The van der Waals surface area contributed by atoms with Gasteiger partial charge in [-0.05, 0) is 72.9 Å². The number of nitrogens with one attached hydrogen (secondary N) is 2. The minimum atomic E-state index is -1.38. The molecule has 4 unspecified atom stereocenters. The number of ether oxygens (including phenoxy) is 2. The van der Waals surface area contributed by atoms with Gasteiger partial charge in [0.15, 0.2) is 0 Å². The van der Waals surface area contributed by atoms with Crippen molar-refractivity contribution < 1.29 is 33.8 Å². The molecule has 4 atom stereocenters. The van der Waals surface area contributed by atoms with Crippen molar-refractivity contribution in [2.24, 2.45) is 0 Å². The van der Waals surface area contributed by atoms with Gasteiger partial charge in [0.05, 0.1) is 6.61 Å². The number of esters is 1. The Bertz CT molecular complexity index is 1250. The van der Waals surface area contributed by atoms with Gasteiger partial charge < -0.3 is 30.1 Å². The van der Waals surface area contributed by atoms with E-state index in [4.69, 9.17) is 9.47 Å². The average molecular weight is 612 g/mol. The van der Waals surface area contributed by atoms with Crippen molar-refractivity contribution >= 4 is 23.9 Å². The highest BCUT2D eigenvalue weighted by Gasteiger charge is 2.40. The Morgan fingerprint density at radius 1 is 0.841 bits per heavy atom. The quantitative estimate of drug-likeness (QED) is 0.298. The van der Waals surface area contributed by atoms with Gasteiger partial charge in [-0.2, -0.15) is 0 Å². The van der Waals surface area contributed by atoms with Crippen LogP contribution in [-0.4, -0.2) is 69.8 Å². The van der Waals surface area contributed by atoms with Crippen molar-refractivity contribution in [3.63, 3.8) is 0 Å². The van der Waals surface area contributed by atoms with Crippen LogP contribution in [0, 0.1) is 6.92 Å². The summed E-state index contributed by atoms with van der Waals surface area (Å²) in [4.78, 5) is 55.7. The van der Waals surface area contributed by atoms with Crippen LogP contribution >= 0.6 is 0 Å². The smallest absolute Gasteiger partial charge is 0.408 e. The maximum atomic E-state index is 14.3. The molecule has 3 amide bonds. The molecule has 0 radical (unpaired) electrons. The summed E-state index contributed by atoms with van der Waals surface area (Å²) in [5.41, 5.74) is 0.632. The summed E-state index contributed by atoms with van der Waals surface area (Å²) >= 11 is 0. The fourth-order valence-electron chi connectivity index (χ4n) is 4.46. The van der Waals surface area contributed by atoms with Gasteiger partial charge >= 0.3 is 12.1 Å². The van der Waals surface area contributed by atoms with Gasteiger partial charge in [0, 0.05) is 12.5 Å². The molecule has 0 heterocycles. The molecule has 0 aromatic heterocycles. The Balaban J connectivity index is 2.57. The van der Waals surface area contributed by atoms with Gasteiger partial charge in [0.25, 0.3) is 0 Å². The maximum absolute atomic E-state index is 14.3. The van der Waals surface area contributed by atoms with Crippen LogP contribution in [0.3, 0.4) is 0 Å². The number of hydrogen-bond acceptors (Lipinski definition) is 7. The van der Waals surface area contributed by atoms with Crippen LogP contribution in [0.1, 0.15) is 84.5 Å². The molecule has 0 aliphatic rings. The van der Waals surface area contributed by atoms with Gasteiger partial charge in [-0.1, -0.05) is 67.1 Å². The van der Waals surface area contributed by atoms with Gasteiger partial charge in [-0.3, -0.25) is 9.59 Å². The van der Waals surface area contributed by atoms with Crippen molar-refractivity contribution in [3.05, 3.63) is 71.3 Å². The summed E-state index contributed by atoms with van der Waals surface area (Å²) in [5, 5.41) is 15.5. The number of hydrogen-bond donors (Lipinski definition) is 3.